The number of fused-ring (bicyclic) bond motifs is 7. The Labute approximate surface area is 150 Å². The Balaban J connectivity index is 0.00000146. The summed E-state index contributed by atoms with van der Waals surface area (Å²) in [6, 6.07) is 16.4. The molecule has 3 heterocycles. The second kappa shape index (κ2) is 5.58. The van der Waals surface area contributed by atoms with Gasteiger partial charge in [-0.1, -0.05) is 42.5 Å². The van der Waals surface area contributed by atoms with Crippen molar-refractivity contribution < 1.29 is 9.47 Å². The van der Waals surface area contributed by atoms with Crippen LogP contribution in [0.4, 0.5) is 5.69 Å². The van der Waals surface area contributed by atoms with Crippen LogP contribution in [0.15, 0.2) is 53.5 Å². The fourth-order valence-corrected chi connectivity index (χ4v) is 3.93. The summed E-state index contributed by atoms with van der Waals surface area (Å²) in [5.41, 5.74) is 10.5. The molecule has 5 rings (SSSR count). The van der Waals surface area contributed by atoms with E-state index in [1.54, 1.807) is 0 Å². The number of hydrogen-bond acceptors (Lipinski definition) is 5. The van der Waals surface area contributed by atoms with E-state index in [0.29, 0.717) is 25.7 Å². The minimum atomic E-state index is -0.849. The van der Waals surface area contributed by atoms with Crippen LogP contribution < -0.4 is 10.6 Å². The first-order valence-electron chi connectivity index (χ1n) is 7.84. The molecule has 2 N–H and O–H groups in total. The number of ether oxygens (including phenoxy) is 2. The predicted molar refractivity (Wildman–Crippen MR) is 97.6 cm³/mol. The number of rotatable bonds is 0. The van der Waals surface area contributed by atoms with Gasteiger partial charge in [-0.3, -0.25) is 0 Å². The van der Waals surface area contributed by atoms with Crippen LogP contribution >= 0.6 is 17.0 Å². The van der Waals surface area contributed by atoms with Gasteiger partial charge in [-0.15, -0.1) is 17.0 Å². The summed E-state index contributed by atoms with van der Waals surface area (Å²) in [4.78, 5) is 6.70. The van der Waals surface area contributed by atoms with Gasteiger partial charge >= 0.3 is 0 Å². The molecule has 0 aliphatic carbocycles. The normalized spacial score (nSPS) is 22.9. The van der Waals surface area contributed by atoms with Gasteiger partial charge in [0.05, 0.1) is 13.2 Å². The molecule has 1 fully saturated rings. The third-order valence-corrected chi connectivity index (χ3v) is 4.87. The van der Waals surface area contributed by atoms with Gasteiger partial charge in [0.15, 0.2) is 0 Å². The zero-order valence-electron chi connectivity index (χ0n) is 13.0. The number of benzene rings is 2. The number of para-hydroxylation sites is 1. The molecule has 2 aromatic carbocycles. The molecule has 6 heteroatoms. The zero-order valence-corrected chi connectivity index (χ0v) is 14.7. The first-order chi connectivity index (χ1) is 11.3. The van der Waals surface area contributed by atoms with E-state index in [2.05, 4.69) is 34.2 Å². The standard InChI is InChI=1S/C18H17N3O2.BrH/c19-17-16-12-5-1-2-6-13(12)18(22-9-10-23-18)14-7-3-4-8-15(14)21(16)11-20-17;/h1-8,16H,9-11H2,(H2,19,20);1H. The van der Waals surface area contributed by atoms with Crippen molar-refractivity contribution in [1.29, 1.82) is 0 Å². The van der Waals surface area contributed by atoms with Crippen LogP contribution in [0, 0.1) is 0 Å². The van der Waals surface area contributed by atoms with Crippen LogP contribution in [-0.2, 0) is 15.3 Å². The number of nitrogens with two attached hydrogens (primary N) is 1. The van der Waals surface area contributed by atoms with E-state index in [9.17, 15) is 0 Å². The maximum atomic E-state index is 6.24. The van der Waals surface area contributed by atoms with Crippen LogP contribution in [0.1, 0.15) is 22.7 Å². The molecule has 2 aromatic rings. The maximum Gasteiger partial charge on any atom is 0.224 e. The van der Waals surface area contributed by atoms with Gasteiger partial charge in [0.25, 0.3) is 0 Å². The molecule has 124 valence electrons. The third-order valence-electron chi connectivity index (χ3n) is 4.87. The molecule has 0 amide bonds. The Morgan fingerprint density at radius 2 is 1.67 bits per heavy atom. The summed E-state index contributed by atoms with van der Waals surface area (Å²) < 4.78 is 12.4. The molecule has 1 atom stereocenters. The highest BCUT2D eigenvalue weighted by atomic mass is 79.9. The molecule has 3 aliphatic heterocycles. The van der Waals surface area contributed by atoms with Crippen LogP contribution in [0.3, 0.4) is 0 Å². The van der Waals surface area contributed by atoms with Gasteiger partial charge in [-0.2, -0.15) is 0 Å². The van der Waals surface area contributed by atoms with E-state index in [1.165, 1.54) is 0 Å². The second-order valence-electron chi connectivity index (χ2n) is 6.01. The van der Waals surface area contributed by atoms with E-state index in [-0.39, 0.29) is 23.0 Å². The summed E-state index contributed by atoms with van der Waals surface area (Å²) in [7, 11) is 0. The lowest BCUT2D eigenvalue weighted by Crippen LogP contribution is -2.31. The number of nitrogens with zero attached hydrogens (tertiary/aromatic N) is 2. The Kier molecular flexibility index (Phi) is 3.63. The van der Waals surface area contributed by atoms with Gasteiger partial charge in [0.2, 0.25) is 5.79 Å². The van der Waals surface area contributed by atoms with Gasteiger partial charge in [0.1, 0.15) is 18.5 Å². The van der Waals surface area contributed by atoms with Gasteiger partial charge in [-0.25, -0.2) is 4.99 Å². The molecule has 5 nitrogen and oxygen atoms in total. The fraction of sp³-hybridized carbons (Fsp3) is 0.278. The highest BCUT2D eigenvalue weighted by Gasteiger charge is 2.49. The van der Waals surface area contributed by atoms with Crippen LogP contribution in [0.25, 0.3) is 0 Å². The molecular formula is C18H18BrN3O2. The first kappa shape index (κ1) is 15.6. The highest BCUT2D eigenvalue weighted by Crippen LogP contribution is 2.50. The molecule has 1 spiro atoms. The number of anilines is 1. The molecule has 0 aromatic heterocycles. The summed E-state index contributed by atoms with van der Waals surface area (Å²) in [6.45, 7) is 1.71. The summed E-state index contributed by atoms with van der Waals surface area (Å²) >= 11 is 0. The topological polar surface area (TPSA) is 60.1 Å². The fourth-order valence-electron chi connectivity index (χ4n) is 3.93. The zero-order chi connectivity index (χ0) is 15.4. The quantitative estimate of drug-likeness (QED) is 0.754. The van der Waals surface area contributed by atoms with E-state index in [4.69, 9.17) is 15.2 Å². The van der Waals surface area contributed by atoms with E-state index >= 15 is 0 Å². The lowest BCUT2D eigenvalue weighted by atomic mass is 9.91. The molecule has 0 bridgehead atoms. The van der Waals surface area contributed by atoms with Crippen LogP contribution in [-0.4, -0.2) is 25.7 Å². The van der Waals surface area contributed by atoms with E-state index in [0.717, 1.165) is 22.4 Å². The van der Waals surface area contributed by atoms with Crippen LogP contribution in [0.5, 0.6) is 0 Å². The minimum absolute atomic E-state index is 0. The number of aliphatic imine (C=N–C) groups is 1. The monoisotopic (exact) mass is 387 g/mol. The van der Waals surface area contributed by atoms with Crippen molar-refractivity contribution in [3.63, 3.8) is 0 Å². The molecule has 3 aliphatic rings. The second-order valence-corrected chi connectivity index (χ2v) is 6.01. The number of amidine groups is 1. The molecule has 1 unspecified atom stereocenters. The predicted octanol–water partition coefficient (Wildman–Crippen LogP) is 2.70. The molecule has 24 heavy (non-hydrogen) atoms. The van der Waals surface area contributed by atoms with Crippen molar-refractivity contribution in [1.82, 2.24) is 0 Å². The summed E-state index contributed by atoms with van der Waals surface area (Å²) in [6.07, 6.45) is 0. The maximum absolute atomic E-state index is 6.24. The smallest absolute Gasteiger partial charge is 0.224 e. The van der Waals surface area contributed by atoms with Crippen molar-refractivity contribution in [2.75, 3.05) is 24.8 Å². The Bertz CT molecular complexity index is 817. The van der Waals surface area contributed by atoms with E-state index in [1.807, 2.05) is 24.3 Å². The summed E-state index contributed by atoms with van der Waals surface area (Å²) in [5.74, 6) is -0.208. The van der Waals surface area contributed by atoms with Crippen molar-refractivity contribution in [2.24, 2.45) is 10.7 Å². The average Bonchev–Trinajstić information content (AvgIpc) is 3.20. The van der Waals surface area contributed by atoms with Gasteiger partial charge in [0, 0.05) is 16.8 Å². The van der Waals surface area contributed by atoms with Crippen molar-refractivity contribution in [3.05, 3.63) is 65.2 Å². The minimum Gasteiger partial charge on any atom is -0.385 e. The summed E-state index contributed by atoms with van der Waals surface area (Å²) in [5, 5.41) is 0. The lowest BCUT2D eigenvalue weighted by molar-refractivity contribution is -0.129. The van der Waals surface area contributed by atoms with Crippen LogP contribution in [0.2, 0.25) is 0 Å². The van der Waals surface area contributed by atoms with Gasteiger partial charge < -0.3 is 20.1 Å². The molecular weight excluding hydrogens is 370 g/mol. The largest absolute Gasteiger partial charge is 0.385 e. The molecule has 0 saturated carbocycles. The highest BCUT2D eigenvalue weighted by molar-refractivity contribution is 8.93. The van der Waals surface area contributed by atoms with Gasteiger partial charge in [-0.05, 0) is 11.6 Å². The van der Waals surface area contributed by atoms with E-state index < -0.39 is 5.79 Å². The Morgan fingerprint density at radius 3 is 2.46 bits per heavy atom. The van der Waals surface area contributed by atoms with Crippen molar-refractivity contribution in [2.45, 2.75) is 11.8 Å². The molecule has 1 saturated heterocycles. The lowest BCUT2D eigenvalue weighted by Gasteiger charge is -2.30. The third kappa shape index (κ3) is 1.90. The number of hydrogen-bond donors (Lipinski definition) is 1. The number of halogens is 1. The van der Waals surface area contributed by atoms with Crippen molar-refractivity contribution >= 4 is 28.5 Å². The first-order valence-corrected chi connectivity index (χ1v) is 7.84. The Hall–Kier alpha value is -1.89. The Morgan fingerprint density at radius 1 is 1.00 bits per heavy atom. The molecule has 0 radical (unpaired) electrons. The SMILES string of the molecule is Br.NC1=NCN2c3ccccc3C3(OCCO3)c3ccccc3C12. The van der Waals surface area contributed by atoms with Crippen molar-refractivity contribution in [3.8, 4) is 0 Å². The average molecular weight is 388 g/mol.